The topological polar surface area (TPSA) is 26.0 Å². The molecule has 0 radical (unpaired) electrons. The van der Waals surface area contributed by atoms with Gasteiger partial charge >= 0.3 is 0 Å². The van der Waals surface area contributed by atoms with Gasteiger partial charge < -0.3 is 4.52 Å². The number of nitrogens with zero attached hydrogens (tertiary/aromatic N) is 1. The lowest BCUT2D eigenvalue weighted by Gasteiger charge is -1.87. The van der Waals surface area contributed by atoms with Gasteiger partial charge in [-0.05, 0) is 17.4 Å². The van der Waals surface area contributed by atoms with Crippen LogP contribution in [0.3, 0.4) is 0 Å². The van der Waals surface area contributed by atoms with E-state index in [-0.39, 0.29) is 0 Å². The Labute approximate surface area is 60.4 Å². The van der Waals surface area contributed by atoms with Gasteiger partial charge in [-0.15, -0.1) is 9.24 Å². The predicted octanol–water partition coefficient (Wildman–Crippen LogP) is 1.33. The van der Waals surface area contributed by atoms with Crippen LogP contribution in [0.2, 0.25) is 0 Å². The second-order valence-electron chi connectivity index (χ2n) is 2.12. The fourth-order valence-electron chi connectivity index (χ4n) is 0.877. The summed E-state index contributed by atoms with van der Waals surface area (Å²) in [6.07, 6.45) is 1.71. The number of hydrogen-bond acceptors (Lipinski definition) is 2. The molecule has 1 aromatic heterocycles. The van der Waals surface area contributed by atoms with Crippen LogP contribution in [0.25, 0.3) is 11.0 Å². The smallest absolute Gasteiger partial charge is 0.167 e. The van der Waals surface area contributed by atoms with E-state index in [1.807, 2.05) is 18.2 Å². The molecule has 0 spiro atoms. The largest absolute Gasteiger partial charge is 0.356 e. The van der Waals surface area contributed by atoms with Crippen molar-refractivity contribution in [1.82, 2.24) is 5.16 Å². The van der Waals surface area contributed by atoms with Crippen LogP contribution in [0.5, 0.6) is 0 Å². The Kier molecular flexibility index (Phi) is 1.21. The normalized spacial score (nSPS) is 10.5. The summed E-state index contributed by atoms with van der Waals surface area (Å²) in [5.74, 6) is 0. The molecular formula is C7H6NOP. The lowest BCUT2D eigenvalue weighted by atomic mass is 10.3. The van der Waals surface area contributed by atoms with E-state index in [1.165, 1.54) is 0 Å². The molecule has 0 aliphatic carbocycles. The monoisotopic (exact) mass is 151 g/mol. The maximum absolute atomic E-state index is 4.94. The number of fused-ring (bicyclic) bond motifs is 1. The first kappa shape index (κ1) is 5.87. The van der Waals surface area contributed by atoms with E-state index in [9.17, 15) is 0 Å². The number of rotatable bonds is 0. The third-order valence-electron chi connectivity index (χ3n) is 1.38. The fourth-order valence-corrected chi connectivity index (χ4v) is 1.12. The Morgan fingerprint density at radius 2 is 2.30 bits per heavy atom. The third-order valence-corrected chi connectivity index (χ3v) is 1.74. The standard InChI is InChI=1S/C7H6NOP/c10-6-2-1-5-4-8-9-7(5)3-6/h1-4H,10H2. The van der Waals surface area contributed by atoms with Crippen LogP contribution in [0.15, 0.2) is 28.9 Å². The van der Waals surface area contributed by atoms with Gasteiger partial charge in [-0.2, -0.15) is 0 Å². The maximum Gasteiger partial charge on any atom is 0.167 e. The van der Waals surface area contributed by atoms with E-state index >= 15 is 0 Å². The highest BCUT2D eigenvalue weighted by Gasteiger charge is 1.95. The minimum absolute atomic E-state index is 0.840. The summed E-state index contributed by atoms with van der Waals surface area (Å²) in [5, 5.41) is 5.82. The van der Waals surface area contributed by atoms with Gasteiger partial charge in [0.15, 0.2) is 5.58 Å². The van der Waals surface area contributed by atoms with E-state index in [0.717, 1.165) is 16.3 Å². The predicted molar refractivity (Wildman–Crippen MR) is 43.4 cm³/mol. The second-order valence-corrected chi connectivity index (χ2v) is 2.79. The Bertz CT molecular complexity index is 355. The molecule has 0 fully saturated rings. The van der Waals surface area contributed by atoms with E-state index in [2.05, 4.69) is 14.4 Å². The molecule has 50 valence electrons. The average molecular weight is 151 g/mol. The molecule has 0 saturated heterocycles. The fraction of sp³-hybridized carbons (Fsp3) is 0. The molecule has 3 heteroatoms. The summed E-state index contributed by atoms with van der Waals surface area (Å²) in [7, 11) is 2.61. The minimum atomic E-state index is 0.840. The van der Waals surface area contributed by atoms with Crippen LogP contribution in [0.1, 0.15) is 0 Å². The first-order chi connectivity index (χ1) is 4.86. The summed E-state index contributed by atoms with van der Waals surface area (Å²) < 4.78 is 4.94. The lowest BCUT2D eigenvalue weighted by Crippen LogP contribution is -1.84. The van der Waals surface area contributed by atoms with Gasteiger partial charge in [-0.25, -0.2) is 0 Å². The molecule has 0 saturated carbocycles. The van der Waals surface area contributed by atoms with Gasteiger partial charge in [0, 0.05) is 5.39 Å². The Balaban J connectivity index is 2.86. The van der Waals surface area contributed by atoms with Gasteiger partial charge in [0.2, 0.25) is 0 Å². The van der Waals surface area contributed by atoms with Crippen LogP contribution in [0.4, 0.5) is 0 Å². The third kappa shape index (κ3) is 0.812. The molecule has 0 aliphatic rings. The molecule has 0 amide bonds. The zero-order valence-electron chi connectivity index (χ0n) is 5.24. The van der Waals surface area contributed by atoms with E-state index in [0.29, 0.717) is 0 Å². The molecule has 1 aromatic carbocycles. The first-order valence-electron chi connectivity index (χ1n) is 2.96. The summed E-state index contributed by atoms with van der Waals surface area (Å²) in [4.78, 5) is 0. The van der Waals surface area contributed by atoms with Crippen molar-refractivity contribution in [3.63, 3.8) is 0 Å². The van der Waals surface area contributed by atoms with E-state index in [1.54, 1.807) is 6.20 Å². The molecular weight excluding hydrogens is 145 g/mol. The Hall–Kier alpha value is -0.880. The number of hydrogen-bond donors (Lipinski definition) is 0. The summed E-state index contributed by atoms with van der Waals surface area (Å²) >= 11 is 0. The molecule has 10 heavy (non-hydrogen) atoms. The van der Waals surface area contributed by atoms with Crippen LogP contribution in [-0.4, -0.2) is 5.16 Å². The van der Waals surface area contributed by atoms with Crippen molar-refractivity contribution in [1.29, 1.82) is 0 Å². The van der Waals surface area contributed by atoms with Gasteiger partial charge in [-0.3, -0.25) is 0 Å². The quantitative estimate of drug-likeness (QED) is 0.531. The van der Waals surface area contributed by atoms with Crippen LogP contribution in [-0.2, 0) is 0 Å². The van der Waals surface area contributed by atoms with Crippen molar-refractivity contribution in [2.24, 2.45) is 0 Å². The van der Waals surface area contributed by atoms with Gasteiger partial charge in [0.1, 0.15) is 0 Å². The molecule has 2 nitrogen and oxygen atoms in total. The van der Waals surface area contributed by atoms with Crippen molar-refractivity contribution in [3.8, 4) is 0 Å². The SMILES string of the molecule is Pc1ccc2cnoc2c1. The molecule has 1 heterocycles. The summed E-state index contributed by atoms with van der Waals surface area (Å²) in [6, 6.07) is 5.92. The highest BCUT2D eigenvalue weighted by atomic mass is 31.0. The molecule has 0 aliphatic heterocycles. The number of benzene rings is 1. The number of aromatic nitrogens is 1. The average Bonchev–Trinajstić information content (AvgIpc) is 2.33. The van der Waals surface area contributed by atoms with Crippen molar-refractivity contribution in [2.75, 3.05) is 0 Å². The van der Waals surface area contributed by atoms with Gasteiger partial charge in [0.05, 0.1) is 6.20 Å². The zero-order valence-corrected chi connectivity index (χ0v) is 6.40. The summed E-state index contributed by atoms with van der Waals surface area (Å²) in [5.41, 5.74) is 0.840. The van der Waals surface area contributed by atoms with Crippen molar-refractivity contribution < 1.29 is 4.52 Å². The van der Waals surface area contributed by atoms with E-state index in [4.69, 9.17) is 4.52 Å². The minimum Gasteiger partial charge on any atom is -0.356 e. The van der Waals surface area contributed by atoms with Crippen molar-refractivity contribution >= 4 is 25.5 Å². The van der Waals surface area contributed by atoms with Gasteiger partial charge in [-0.1, -0.05) is 11.2 Å². The van der Waals surface area contributed by atoms with Gasteiger partial charge in [0.25, 0.3) is 0 Å². The lowest BCUT2D eigenvalue weighted by molar-refractivity contribution is 0.456. The zero-order chi connectivity index (χ0) is 6.97. The van der Waals surface area contributed by atoms with Crippen LogP contribution < -0.4 is 5.30 Å². The molecule has 0 bridgehead atoms. The highest BCUT2D eigenvalue weighted by molar-refractivity contribution is 7.27. The molecule has 0 N–H and O–H groups in total. The van der Waals surface area contributed by atoms with E-state index < -0.39 is 0 Å². The highest BCUT2D eigenvalue weighted by Crippen LogP contribution is 2.10. The van der Waals surface area contributed by atoms with Crippen LogP contribution in [0, 0.1) is 0 Å². The Morgan fingerprint density at radius 1 is 1.40 bits per heavy atom. The van der Waals surface area contributed by atoms with Crippen LogP contribution >= 0.6 is 9.24 Å². The molecule has 2 aromatic rings. The molecule has 1 unspecified atom stereocenters. The second kappa shape index (κ2) is 2.06. The molecule has 2 rings (SSSR count). The first-order valence-corrected chi connectivity index (χ1v) is 3.54. The Morgan fingerprint density at radius 3 is 3.20 bits per heavy atom. The molecule has 1 atom stereocenters. The maximum atomic E-state index is 4.94. The summed E-state index contributed by atoms with van der Waals surface area (Å²) in [6.45, 7) is 0. The van der Waals surface area contributed by atoms with Crippen molar-refractivity contribution in [2.45, 2.75) is 0 Å². The van der Waals surface area contributed by atoms with Crippen molar-refractivity contribution in [3.05, 3.63) is 24.4 Å².